The van der Waals surface area contributed by atoms with E-state index in [4.69, 9.17) is 0 Å². The van der Waals surface area contributed by atoms with Gasteiger partial charge in [-0.05, 0) is 23.1 Å². The molecule has 3 aromatic rings. The van der Waals surface area contributed by atoms with Crippen LogP contribution < -0.4 is 5.32 Å². The second-order valence-electron chi connectivity index (χ2n) is 5.80. The summed E-state index contributed by atoms with van der Waals surface area (Å²) in [6, 6.07) is 22.1. The molecule has 1 heterocycles. The minimum Gasteiger partial charge on any atom is -0.339 e. The minimum absolute atomic E-state index is 0.494. The summed E-state index contributed by atoms with van der Waals surface area (Å²) in [5.74, 6) is 0. The Bertz CT molecular complexity index is 711. The summed E-state index contributed by atoms with van der Waals surface area (Å²) in [6.07, 6.45) is 0. The summed E-state index contributed by atoms with van der Waals surface area (Å²) >= 11 is 0. The highest BCUT2D eigenvalue weighted by Crippen LogP contribution is 2.21. The number of para-hydroxylation sites is 1. The van der Waals surface area contributed by atoms with Gasteiger partial charge in [0.1, 0.15) is 0 Å². The van der Waals surface area contributed by atoms with Crippen LogP contribution in [0.5, 0.6) is 0 Å². The fourth-order valence-corrected chi connectivity index (χ4v) is 2.68. The monoisotopic (exact) mass is 278 g/mol. The van der Waals surface area contributed by atoms with Gasteiger partial charge < -0.3 is 9.88 Å². The summed E-state index contributed by atoms with van der Waals surface area (Å²) in [4.78, 5) is 0. The van der Waals surface area contributed by atoms with Crippen molar-refractivity contribution in [2.24, 2.45) is 0 Å². The Balaban J connectivity index is 1.99. The predicted molar refractivity (Wildman–Crippen MR) is 89.5 cm³/mol. The van der Waals surface area contributed by atoms with Crippen LogP contribution in [-0.4, -0.2) is 10.6 Å². The molecule has 0 saturated heterocycles. The maximum atomic E-state index is 3.53. The van der Waals surface area contributed by atoms with Crippen LogP contribution in [0.15, 0.2) is 60.7 Å². The van der Waals surface area contributed by atoms with Crippen LogP contribution in [0.4, 0.5) is 0 Å². The van der Waals surface area contributed by atoms with Crippen molar-refractivity contribution in [1.82, 2.24) is 9.88 Å². The summed E-state index contributed by atoms with van der Waals surface area (Å²) in [6.45, 7) is 6.19. The van der Waals surface area contributed by atoms with Crippen LogP contribution in [0.2, 0.25) is 0 Å². The van der Waals surface area contributed by atoms with Crippen molar-refractivity contribution in [1.29, 1.82) is 0 Å². The number of fused-ring (bicyclic) bond motifs is 1. The van der Waals surface area contributed by atoms with Gasteiger partial charge in [0.15, 0.2) is 0 Å². The van der Waals surface area contributed by atoms with Crippen molar-refractivity contribution < 1.29 is 0 Å². The Morgan fingerprint density at radius 2 is 1.67 bits per heavy atom. The van der Waals surface area contributed by atoms with Gasteiger partial charge in [-0.1, -0.05) is 62.4 Å². The van der Waals surface area contributed by atoms with Crippen LogP contribution in [0.3, 0.4) is 0 Å². The maximum Gasteiger partial charge on any atom is 0.0486 e. The van der Waals surface area contributed by atoms with Gasteiger partial charge in [0.25, 0.3) is 0 Å². The highest BCUT2D eigenvalue weighted by Gasteiger charge is 2.09. The Hall–Kier alpha value is -2.06. The molecule has 2 heteroatoms. The highest BCUT2D eigenvalue weighted by molar-refractivity contribution is 5.81. The van der Waals surface area contributed by atoms with E-state index in [1.54, 1.807) is 0 Å². The van der Waals surface area contributed by atoms with Gasteiger partial charge >= 0.3 is 0 Å². The lowest BCUT2D eigenvalue weighted by Crippen LogP contribution is -2.23. The predicted octanol–water partition coefficient (Wildman–Crippen LogP) is 4.19. The van der Waals surface area contributed by atoms with E-state index < -0.39 is 0 Å². The van der Waals surface area contributed by atoms with Crippen LogP contribution in [0.1, 0.15) is 25.1 Å². The molecule has 108 valence electrons. The lowest BCUT2D eigenvalue weighted by Gasteiger charge is -2.13. The standard InChI is InChI=1S/C19H22N2/c1-15(2)20-13-18-12-17-10-6-7-11-19(17)21(18)14-16-8-4-3-5-9-16/h3-12,15,20H,13-14H2,1-2H3. The summed E-state index contributed by atoms with van der Waals surface area (Å²) in [5, 5.41) is 4.84. The number of rotatable bonds is 5. The quantitative estimate of drug-likeness (QED) is 0.740. The molecule has 0 amide bonds. The van der Waals surface area contributed by atoms with E-state index in [1.807, 2.05) is 0 Å². The number of aromatic nitrogens is 1. The van der Waals surface area contributed by atoms with Crippen molar-refractivity contribution in [3.05, 3.63) is 71.9 Å². The Morgan fingerprint density at radius 3 is 2.43 bits per heavy atom. The number of nitrogens with zero attached hydrogens (tertiary/aromatic N) is 1. The van der Waals surface area contributed by atoms with E-state index >= 15 is 0 Å². The first-order valence-corrected chi connectivity index (χ1v) is 7.58. The molecule has 1 N–H and O–H groups in total. The first-order chi connectivity index (χ1) is 10.2. The molecule has 0 aliphatic carbocycles. The largest absolute Gasteiger partial charge is 0.339 e. The highest BCUT2D eigenvalue weighted by atomic mass is 15.0. The van der Waals surface area contributed by atoms with Gasteiger partial charge in [-0.3, -0.25) is 0 Å². The molecule has 2 aromatic carbocycles. The normalized spacial score (nSPS) is 11.4. The lowest BCUT2D eigenvalue weighted by atomic mass is 10.2. The van der Waals surface area contributed by atoms with Gasteiger partial charge in [0.05, 0.1) is 0 Å². The zero-order valence-corrected chi connectivity index (χ0v) is 12.7. The third-order valence-corrected chi connectivity index (χ3v) is 3.77. The molecule has 0 radical (unpaired) electrons. The molecule has 0 saturated carbocycles. The first-order valence-electron chi connectivity index (χ1n) is 7.58. The average Bonchev–Trinajstić information content (AvgIpc) is 2.84. The Kier molecular flexibility index (Phi) is 4.07. The van der Waals surface area contributed by atoms with Gasteiger partial charge in [-0.25, -0.2) is 0 Å². The molecular weight excluding hydrogens is 256 g/mol. The SMILES string of the molecule is CC(C)NCc1cc2ccccc2n1Cc1ccccc1. The number of benzene rings is 2. The average molecular weight is 278 g/mol. The van der Waals surface area contributed by atoms with Gasteiger partial charge in [0.2, 0.25) is 0 Å². The van der Waals surface area contributed by atoms with Crippen LogP contribution in [0.25, 0.3) is 10.9 Å². The third kappa shape index (κ3) is 3.17. The smallest absolute Gasteiger partial charge is 0.0486 e. The van der Waals surface area contributed by atoms with E-state index in [0.717, 1.165) is 13.1 Å². The zero-order valence-electron chi connectivity index (χ0n) is 12.7. The van der Waals surface area contributed by atoms with E-state index in [9.17, 15) is 0 Å². The van der Waals surface area contributed by atoms with Gasteiger partial charge in [-0.15, -0.1) is 0 Å². The van der Waals surface area contributed by atoms with E-state index in [1.165, 1.54) is 22.2 Å². The summed E-state index contributed by atoms with van der Waals surface area (Å²) in [7, 11) is 0. The second-order valence-corrected chi connectivity index (χ2v) is 5.80. The minimum atomic E-state index is 0.494. The summed E-state index contributed by atoms with van der Waals surface area (Å²) in [5.41, 5.74) is 3.99. The van der Waals surface area contributed by atoms with E-state index in [-0.39, 0.29) is 0 Å². The fourth-order valence-electron chi connectivity index (χ4n) is 2.68. The van der Waals surface area contributed by atoms with Crippen molar-refractivity contribution in [2.45, 2.75) is 33.0 Å². The van der Waals surface area contributed by atoms with Crippen molar-refractivity contribution in [3.8, 4) is 0 Å². The molecule has 0 aliphatic heterocycles. The van der Waals surface area contributed by atoms with Gasteiger partial charge in [0, 0.05) is 30.3 Å². The van der Waals surface area contributed by atoms with Crippen LogP contribution in [-0.2, 0) is 13.1 Å². The zero-order chi connectivity index (χ0) is 14.7. The molecular formula is C19H22N2. The number of hydrogen-bond acceptors (Lipinski definition) is 1. The van der Waals surface area contributed by atoms with E-state index in [0.29, 0.717) is 6.04 Å². The first kappa shape index (κ1) is 13.9. The third-order valence-electron chi connectivity index (χ3n) is 3.77. The molecule has 0 bridgehead atoms. The fraction of sp³-hybridized carbons (Fsp3) is 0.263. The topological polar surface area (TPSA) is 17.0 Å². The molecule has 1 aromatic heterocycles. The van der Waals surface area contributed by atoms with Crippen molar-refractivity contribution in [3.63, 3.8) is 0 Å². The van der Waals surface area contributed by atoms with Crippen molar-refractivity contribution in [2.75, 3.05) is 0 Å². The second kappa shape index (κ2) is 6.15. The van der Waals surface area contributed by atoms with Crippen LogP contribution in [0, 0.1) is 0 Å². The summed E-state index contributed by atoms with van der Waals surface area (Å²) < 4.78 is 2.42. The molecule has 0 fully saturated rings. The molecule has 0 spiro atoms. The van der Waals surface area contributed by atoms with Crippen molar-refractivity contribution >= 4 is 10.9 Å². The molecule has 3 rings (SSSR count). The maximum absolute atomic E-state index is 3.53. The number of nitrogens with one attached hydrogen (secondary N) is 1. The molecule has 0 aliphatic rings. The van der Waals surface area contributed by atoms with Gasteiger partial charge in [-0.2, -0.15) is 0 Å². The van der Waals surface area contributed by atoms with E-state index in [2.05, 4.69) is 84.4 Å². The molecule has 0 unspecified atom stereocenters. The number of hydrogen-bond donors (Lipinski definition) is 1. The Labute approximate surface area is 126 Å². The molecule has 21 heavy (non-hydrogen) atoms. The van der Waals surface area contributed by atoms with Crippen LogP contribution >= 0.6 is 0 Å². The lowest BCUT2D eigenvalue weighted by molar-refractivity contribution is 0.567. The Morgan fingerprint density at radius 1 is 0.952 bits per heavy atom. The molecule has 2 nitrogen and oxygen atoms in total. The molecule has 0 atom stereocenters.